The second kappa shape index (κ2) is 57.3. The van der Waals surface area contributed by atoms with Gasteiger partial charge < -0.3 is 111 Å². The Kier molecular flexibility index (Phi) is 47.9. The maximum absolute atomic E-state index is 14.7. The molecule has 2 heterocycles. The van der Waals surface area contributed by atoms with Crippen LogP contribution in [0.3, 0.4) is 0 Å². The Hall–Kier alpha value is -11.6. The molecule has 41 heteroatoms. The van der Waals surface area contributed by atoms with Crippen LogP contribution in [0.1, 0.15) is 192 Å². The number of carbonyl (C=O) groups excluding carboxylic acids is 13. The van der Waals surface area contributed by atoms with E-state index in [1.54, 1.807) is 72.2 Å². The molecule has 14 amide bonds. The van der Waals surface area contributed by atoms with E-state index in [0.717, 1.165) is 5.56 Å². The summed E-state index contributed by atoms with van der Waals surface area (Å²) in [6.07, 6.45) is 0.202. The van der Waals surface area contributed by atoms with Crippen LogP contribution in [-0.4, -0.2) is 296 Å². The zero-order valence-electron chi connectivity index (χ0n) is 84.9. The number of nitrogens with one attached hydrogen (secondary N) is 12. The Morgan fingerprint density at radius 2 is 1.14 bits per heavy atom. The van der Waals surface area contributed by atoms with Crippen LogP contribution in [0, 0.1) is 29.6 Å². The number of methoxy groups -OCH3 is 2. The van der Waals surface area contributed by atoms with Crippen molar-refractivity contribution in [1.82, 2.24) is 62.1 Å². The average molecular weight is 1980 g/mol. The minimum Gasteiger partial charge on any atom is -0.481 e. The van der Waals surface area contributed by atoms with Gasteiger partial charge in [-0.2, -0.15) is 0 Å². The molecule has 2 aliphatic heterocycles. The molecule has 1 unspecified atom stereocenters. The predicted molar refractivity (Wildman–Crippen MR) is 528 cm³/mol. The molecule has 0 aliphatic carbocycles. The van der Waals surface area contributed by atoms with Gasteiger partial charge in [-0.3, -0.25) is 57.6 Å². The Labute approximate surface area is 823 Å². The van der Waals surface area contributed by atoms with Crippen LogP contribution in [0.4, 0.5) is 37.1 Å². The molecule has 2 aliphatic rings. The van der Waals surface area contributed by atoms with Gasteiger partial charge in [-0.25, -0.2) is 27.6 Å². The number of aliphatic carboxylic acids is 1. The normalized spacial score (nSPS) is 16.3. The van der Waals surface area contributed by atoms with E-state index >= 15 is 0 Å². The van der Waals surface area contributed by atoms with Crippen LogP contribution < -0.4 is 63.2 Å². The summed E-state index contributed by atoms with van der Waals surface area (Å²) in [5.74, 6) is -8.55. The van der Waals surface area contributed by atoms with Crippen molar-refractivity contribution < 1.29 is 114 Å². The number of hydrogen-bond acceptors (Lipinski definition) is 24. The van der Waals surface area contributed by atoms with Crippen LogP contribution in [0.2, 0.25) is 0 Å². The van der Waals surface area contributed by atoms with E-state index in [9.17, 15) is 80.6 Å². The van der Waals surface area contributed by atoms with Gasteiger partial charge in [0.1, 0.15) is 41.4 Å². The van der Waals surface area contributed by atoms with E-state index in [1.165, 1.54) is 91.9 Å². The standard InChI is InChI=1S/C99H152N16O24S/c1-21-44-101-95(128)105-70-33-27-35-72(57-70)140(131,132)111-71-34-26-32-67(56-71)73(58-81(118)119)108-97(130)104-69-40-38-68(39-41-69)103-96(129)102-46-50-136-52-54-137-53-51-135-49-42-79(116)106-75(59-82(120)138-98(11,12)13)92(125)115-48-29-37-77(115)90(123)110-84(62(5)6)94(127)139-99(14,15)43-45-100-89(122)74(55-66-30-24-23-25-31-66)107-88(121)65(10)87(134-20)76-36-28-47-114(76)80(117)60-78(133-19)86(64(9)22-2)113(18)93(126)83(61(3)4)109-91(124)85(63(7)8)112(16)17/h23-27,30-35,38-41,56-57,61-65,73-78,83-87,111H,21-22,28-29,36-37,42-55,58-60H2,1-20H3,(H,100,122)(H,106,116)(H,107,121)(H,109,124)(H,110,123)(H,118,119)(H2,101,105,128)(H2,102,103,129)(H2,104,108,130)/t64-,65+,73?,74-,75-,76-,77-,78+,83-,84-,85-,86-,87+/m0/s1. The number of carbonyl (C=O) groups is 14. The highest BCUT2D eigenvalue weighted by molar-refractivity contribution is 7.92. The number of likely N-dealkylation sites (tertiary alicyclic amines) is 2. The van der Waals surface area contributed by atoms with Crippen LogP contribution in [0.15, 0.2) is 108 Å². The van der Waals surface area contributed by atoms with Crippen molar-refractivity contribution in [1.29, 1.82) is 0 Å². The lowest BCUT2D eigenvalue weighted by molar-refractivity contribution is -0.163. The molecule has 0 aromatic heterocycles. The number of hydrogen-bond donors (Lipinski definition) is 13. The molecule has 0 radical (unpaired) electrons. The number of anilines is 4. The van der Waals surface area contributed by atoms with Crippen molar-refractivity contribution in [3.63, 3.8) is 0 Å². The maximum atomic E-state index is 14.7. The number of sulfonamides is 1. The first-order chi connectivity index (χ1) is 66.1. The number of ether oxygens (including phenoxy) is 7. The lowest BCUT2D eigenvalue weighted by atomic mass is 9.89. The number of rotatable bonds is 57. The molecule has 2 fully saturated rings. The van der Waals surface area contributed by atoms with Gasteiger partial charge in [-0.1, -0.05) is 124 Å². The van der Waals surface area contributed by atoms with Crippen LogP contribution >= 0.6 is 0 Å². The van der Waals surface area contributed by atoms with E-state index in [1.807, 2.05) is 97.8 Å². The third-order valence-electron chi connectivity index (χ3n) is 24.1. The van der Waals surface area contributed by atoms with Crippen molar-refractivity contribution in [2.75, 3.05) is 128 Å². The summed E-state index contributed by atoms with van der Waals surface area (Å²) >= 11 is 0. The monoisotopic (exact) mass is 1980 g/mol. The average Bonchev–Trinajstić information content (AvgIpc) is 1.77. The quantitative estimate of drug-likeness (QED) is 0.0145. The molecular weight excluding hydrogens is 1830 g/mol. The number of amides is 14. The van der Waals surface area contributed by atoms with Gasteiger partial charge in [0.25, 0.3) is 10.0 Å². The number of likely N-dealkylation sites (N-methyl/N-ethyl adjacent to an activating group) is 2. The van der Waals surface area contributed by atoms with E-state index in [2.05, 4.69) is 63.2 Å². The van der Waals surface area contributed by atoms with Gasteiger partial charge in [0.15, 0.2) is 0 Å². The molecule has 13 atom stereocenters. The van der Waals surface area contributed by atoms with Crippen LogP contribution in [-0.2, 0) is 102 Å². The molecule has 2 saturated heterocycles. The van der Waals surface area contributed by atoms with Crippen LogP contribution in [0.5, 0.6) is 0 Å². The fourth-order valence-electron chi connectivity index (χ4n) is 16.7. The smallest absolute Gasteiger partial charge is 0.329 e. The Morgan fingerprint density at radius 1 is 0.550 bits per heavy atom. The zero-order valence-corrected chi connectivity index (χ0v) is 85.7. The van der Waals surface area contributed by atoms with Crippen molar-refractivity contribution in [3.05, 3.63) is 114 Å². The lowest BCUT2D eigenvalue weighted by Gasteiger charge is -2.41. The van der Waals surface area contributed by atoms with E-state index in [4.69, 9.17) is 33.2 Å². The van der Waals surface area contributed by atoms with Gasteiger partial charge in [-0.15, -0.1) is 0 Å². The maximum Gasteiger partial charge on any atom is 0.329 e. The largest absolute Gasteiger partial charge is 0.481 e. The minimum absolute atomic E-state index is 0.0232. The van der Waals surface area contributed by atoms with Gasteiger partial charge in [0.2, 0.25) is 47.3 Å². The van der Waals surface area contributed by atoms with Crippen molar-refractivity contribution in [2.45, 2.75) is 264 Å². The first-order valence-corrected chi connectivity index (χ1v) is 49.6. The molecule has 4 aromatic rings. The predicted octanol–water partition coefficient (Wildman–Crippen LogP) is 8.47. The first kappa shape index (κ1) is 117. The van der Waals surface area contributed by atoms with Gasteiger partial charge >= 0.3 is 36.0 Å². The Morgan fingerprint density at radius 3 is 1.74 bits per heavy atom. The molecule has 6 rings (SSSR count). The molecule has 140 heavy (non-hydrogen) atoms. The first-order valence-electron chi connectivity index (χ1n) is 48.1. The molecule has 778 valence electrons. The zero-order chi connectivity index (χ0) is 104. The summed E-state index contributed by atoms with van der Waals surface area (Å²) in [6.45, 7) is 28.4. The summed E-state index contributed by atoms with van der Waals surface area (Å²) in [5.41, 5.74) is -0.205. The second-order valence-electron chi connectivity index (χ2n) is 38.2. The number of esters is 2. The molecule has 0 saturated carbocycles. The Bertz CT molecular complexity index is 4840. The highest BCUT2D eigenvalue weighted by Crippen LogP contribution is 2.33. The topological polar surface area (TPSA) is 515 Å². The summed E-state index contributed by atoms with van der Waals surface area (Å²) in [7, 11) is 4.14. The summed E-state index contributed by atoms with van der Waals surface area (Å²) in [5, 5.41) is 39.9. The highest BCUT2D eigenvalue weighted by Gasteiger charge is 2.46. The fourth-order valence-corrected chi connectivity index (χ4v) is 17.8. The van der Waals surface area contributed by atoms with E-state index in [-0.39, 0.29) is 154 Å². The number of benzene rings is 4. The molecular formula is C99H152N16O24S. The third-order valence-corrected chi connectivity index (χ3v) is 25.4. The minimum atomic E-state index is -4.20. The summed E-state index contributed by atoms with van der Waals surface area (Å²) < 4.78 is 70.0. The number of nitrogens with zero attached hydrogens (tertiary/aromatic N) is 4. The van der Waals surface area contributed by atoms with Gasteiger partial charge in [0.05, 0.1) is 106 Å². The van der Waals surface area contributed by atoms with Crippen LogP contribution in [0.25, 0.3) is 0 Å². The SMILES string of the molecule is CCCNC(=O)Nc1cccc(S(=O)(=O)Nc2cccc(C(CC(=O)O)NC(=O)Nc3ccc(NC(=O)NCCOCCOCCOCCC(=O)N[C@@H](CC(=O)OC(C)(C)C)C(=O)N4CCC[C@H]4C(=O)N[C@H](C(=O)OC(C)(C)CCNC(=O)[C@H](Cc4ccccc4)NC(=O)[C@H](C)[C@@H](OC)[C@@H]4CCCN4C(=O)C[C@@H](OC)[C@H]([C@@H](C)CC)N(C)C(=O)[C@@H](NC(=O)[C@H](C(C)C)N(C)C)C(C)C)C(C)C)cc3)c2)c1. The van der Waals surface area contributed by atoms with Crippen molar-refractivity contribution >= 4 is 116 Å². The van der Waals surface area contributed by atoms with E-state index in [0.29, 0.717) is 50.9 Å². The van der Waals surface area contributed by atoms with Gasteiger partial charge in [0, 0.05) is 96.0 Å². The highest BCUT2D eigenvalue weighted by atomic mass is 32.2. The Balaban J connectivity index is 0.931. The lowest BCUT2D eigenvalue weighted by Crippen LogP contribution is -2.59. The van der Waals surface area contributed by atoms with Crippen molar-refractivity contribution in [2.24, 2.45) is 29.6 Å². The molecule has 0 bridgehead atoms. The third kappa shape index (κ3) is 38.4. The molecule has 4 aromatic carbocycles. The fraction of sp³-hybridized carbons (Fsp3) is 0.616. The van der Waals surface area contributed by atoms with Crippen molar-refractivity contribution in [3.8, 4) is 0 Å². The summed E-state index contributed by atoms with van der Waals surface area (Å²) in [4.78, 5) is 199. The number of carboxylic acids is 1. The molecule has 40 nitrogen and oxygen atoms in total. The van der Waals surface area contributed by atoms with Gasteiger partial charge in [-0.05, 0) is 170 Å². The molecule has 0 spiro atoms. The number of urea groups is 3. The summed E-state index contributed by atoms with van der Waals surface area (Å²) in [6, 6.07) is 16.3. The van der Waals surface area contributed by atoms with E-state index < -0.39 is 178 Å². The molecule has 13 N–H and O–H groups in total. The second-order valence-corrected chi connectivity index (χ2v) is 39.9. The number of carboxylic acid groups (broad SMARTS) is 1.